The summed E-state index contributed by atoms with van der Waals surface area (Å²) in [6.07, 6.45) is 35.4. The van der Waals surface area contributed by atoms with Crippen molar-refractivity contribution < 1.29 is 42.1 Å². The molecule has 2 unspecified atom stereocenters. The Morgan fingerprint density at radius 3 is 1.44 bits per heavy atom. The van der Waals surface area contributed by atoms with Crippen molar-refractivity contribution in [3.63, 3.8) is 0 Å². The van der Waals surface area contributed by atoms with Gasteiger partial charge >= 0.3 is 19.8 Å². The Balaban J connectivity index is 4.36. The van der Waals surface area contributed by atoms with Gasteiger partial charge in [0.05, 0.1) is 27.7 Å². The highest BCUT2D eigenvalue weighted by Crippen LogP contribution is 2.43. The predicted octanol–water partition coefficient (Wildman–Crippen LogP) is 11.8. The van der Waals surface area contributed by atoms with Crippen LogP contribution >= 0.6 is 7.82 Å². The van der Waals surface area contributed by atoms with Gasteiger partial charge in [-0.25, -0.2) is 4.57 Å². The maximum absolute atomic E-state index is 12.6. The molecule has 0 saturated heterocycles. The first-order chi connectivity index (χ1) is 25.0. The molecule has 0 aliphatic rings. The van der Waals surface area contributed by atoms with E-state index in [0.29, 0.717) is 23.9 Å². The van der Waals surface area contributed by atoms with Crippen LogP contribution in [0.4, 0.5) is 0 Å². The minimum atomic E-state index is -4.37. The lowest BCUT2D eigenvalue weighted by atomic mass is 10.0. The number of carbonyl (C=O) groups is 2. The van der Waals surface area contributed by atoms with Crippen molar-refractivity contribution >= 4 is 19.8 Å². The van der Waals surface area contributed by atoms with E-state index in [9.17, 15) is 19.0 Å². The maximum atomic E-state index is 12.6. The standard InChI is InChI=1S/C42H82NO8P/c1-6-8-10-12-14-16-18-20-21-23-24-26-28-30-32-34-41(44)48-38-40(39-50-52(46,47)49-37-36-43(3,4)5)51-42(45)35-33-31-29-27-25-22-19-17-15-13-11-9-7-2/h17,19,40H,6-16,18,20-39H2,1-5H3/p+1/b19-17-. The van der Waals surface area contributed by atoms with Crippen molar-refractivity contribution in [2.45, 2.75) is 200 Å². The van der Waals surface area contributed by atoms with Crippen LogP contribution in [0, 0.1) is 0 Å². The van der Waals surface area contributed by atoms with E-state index in [1.54, 1.807) is 0 Å². The van der Waals surface area contributed by atoms with E-state index in [1.165, 1.54) is 109 Å². The van der Waals surface area contributed by atoms with Gasteiger partial charge in [-0.15, -0.1) is 0 Å². The molecule has 0 saturated carbocycles. The summed E-state index contributed by atoms with van der Waals surface area (Å²) in [5.74, 6) is -0.801. The normalized spacial score (nSPS) is 13.7. The number of carbonyl (C=O) groups excluding carboxylic acids is 2. The summed E-state index contributed by atoms with van der Waals surface area (Å²) < 4.78 is 34.2. The van der Waals surface area contributed by atoms with E-state index in [1.807, 2.05) is 21.1 Å². The number of allylic oxidation sites excluding steroid dienone is 2. The highest BCUT2D eigenvalue weighted by molar-refractivity contribution is 7.47. The highest BCUT2D eigenvalue weighted by atomic mass is 31.2. The summed E-state index contributed by atoms with van der Waals surface area (Å²) in [4.78, 5) is 35.3. The van der Waals surface area contributed by atoms with Gasteiger partial charge in [0, 0.05) is 12.8 Å². The molecule has 0 bridgehead atoms. The first-order valence-corrected chi connectivity index (χ1v) is 22.9. The van der Waals surface area contributed by atoms with Gasteiger partial charge in [0.25, 0.3) is 0 Å². The van der Waals surface area contributed by atoms with Crippen LogP contribution in [0.5, 0.6) is 0 Å². The lowest BCUT2D eigenvalue weighted by Gasteiger charge is -2.24. The lowest BCUT2D eigenvalue weighted by Crippen LogP contribution is -2.37. The average Bonchev–Trinajstić information content (AvgIpc) is 3.09. The Kier molecular flexibility index (Phi) is 34.6. The van der Waals surface area contributed by atoms with Crippen LogP contribution in [0.15, 0.2) is 12.2 Å². The number of hydrogen-bond donors (Lipinski definition) is 1. The molecule has 52 heavy (non-hydrogen) atoms. The summed E-state index contributed by atoms with van der Waals surface area (Å²) in [6.45, 7) is 4.41. The summed E-state index contributed by atoms with van der Waals surface area (Å²) in [5, 5.41) is 0. The zero-order valence-corrected chi connectivity index (χ0v) is 35.5. The minimum absolute atomic E-state index is 0.0330. The molecule has 10 heteroatoms. The number of likely N-dealkylation sites (N-methyl/N-ethyl adjacent to an activating group) is 1. The van der Waals surface area contributed by atoms with E-state index < -0.39 is 26.5 Å². The number of ether oxygens (including phenoxy) is 2. The van der Waals surface area contributed by atoms with Crippen LogP contribution in [0.1, 0.15) is 194 Å². The second-order valence-corrected chi connectivity index (χ2v) is 17.2. The molecule has 308 valence electrons. The Morgan fingerprint density at radius 1 is 0.577 bits per heavy atom. The molecule has 0 aromatic rings. The topological polar surface area (TPSA) is 108 Å². The Bertz CT molecular complexity index is 907. The SMILES string of the molecule is CCCCCC/C=C\CCCCCCCC(=O)OC(COC(=O)CCCCCCCCCCCCCCCCC)COP(=O)(O)OCC[N+](C)(C)C. The third-order valence-electron chi connectivity index (χ3n) is 9.30. The van der Waals surface area contributed by atoms with E-state index in [0.717, 1.165) is 51.4 Å². The molecule has 0 rings (SSSR count). The fourth-order valence-corrected chi connectivity index (χ4v) is 6.63. The zero-order valence-electron chi connectivity index (χ0n) is 34.6. The predicted molar refractivity (Wildman–Crippen MR) is 215 cm³/mol. The number of hydrogen-bond acceptors (Lipinski definition) is 7. The van der Waals surface area contributed by atoms with E-state index in [2.05, 4.69) is 26.0 Å². The van der Waals surface area contributed by atoms with Gasteiger partial charge in [-0.05, 0) is 38.5 Å². The van der Waals surface area contributed by atoms with Crippen molar-refractivity contribution in [3.8, 4) is 0 Å². The third-order valence-corrected chi connectivity index (χ3v) is 10.3. The molecule has 0 amide bonds. The molecule has 0 aliphatic heterocycles. The third kappa shape index (κ3) is 38.5. The molecule has 0 aliphatic carbocycles. The second-order valence-electron chi connectivity index (χ2n) is 15.7. The maximum Gasteiger partial charge on any atom is 0.472 e. The molecule has 9 nitrogen and oxygen atoms in total. The summed E-state index contributed by atoms with van der Waals surface area (Å²) >= 11 is 0. The van der Waals surface area contributed by atoms with Crippen LogP contribution in [0.25, 0.3) is 0 Å². The number of esters is 2. The molecule has 0 aromatic carbocycles. The number of phosphoric acid groups is 1. The monoisotopic (exact) mass is 761 g/mol. The quantitative estimate of drug-likeness (QED) is 0.0217. The van der Waals surface area contributed by atoms with Crippen molar-refractivity contribution in [1.29, 1.82) is 0 Å². The Labute approximate surface area is 320 Å². The van der Waals surface area contributed by atoms with Gasteiger partial charge < -0.3 is 18.9 Å². The van der Waals surface area contributed by atoms with Crippen molar-refractivity contribution in [1.82, 2.24) is 0 Å². The van der Waals surface area contributed by atoms with E-state index in [-0.39, 0.29) is 25.6 Å². The molecule has 0 radical (unpaired) electrons. The van der Waals surface area contributed by atoms with Gasteiger partial charge in [-0.3, -0.25) is 18.6 Å². The van der Waals surface area contributed by atoms with Gasteiger partial charge in [-0.2, -0.15) is 0 Å². The fourth-order valence-electron chi connectivity index (χ4n) is 5.89. The van der Waals surface area contributed by atoms with Gasteiger partial charge in [0.1, 0.15) is 19.8 Å². The molecule has 0 aromatic heterocycles. The molecule has 0 heterocycles. The van der Waals surface area contributed by atoms with E-state index >= 15 is 0 Å². The van der Waals surface area contributed by atoms with Crippen LogP contribution in [-0.2, 0) is 32.7 Å². The fraction of sp³-hybridized carbons (Fsp3) is 0.905. The summed E-state index contributed by atoms with van der Waals surface area (Å²) in [6, 6.07) is 0. The molecule has 1 N–H and O–H groups in total. The van der Waals surface area contributed by atoms with Crippen LogP contribution in [0.3, 0.4) is 0 Å². The highest BCUT2D eigenvalue weighted by Gasteiger charge is 2.27. The molecule has 0 fully saturated rings. The molecule has 0 spiro atoms. The molecular weight excluding hydrogens is 677 g/mol. The van der Waals surface area contributed by atoms with Crippen molar-refractivity contribution in [3.05, 3.63) is 12.2 Å². The number of phosphoric ester groups is 1. The molecular formula is C42H83NO8P+. The van der Waals surface area contributed by atoms with Gasteiger partial charge in [0.2, 0.25) is 0 Å². The number of nitrogens with zero attached hydrogens (tertiary/aromatic N) is 1. The van der Waals surface area contributed by atoms with Crippen LogP contribution in [0.2, 0.25) is 0 Å². The van der Waals surface area contributed by atoms with E-state index in [4.69, 9.17) is 18.5 Å². The Hall–Kier alpha value is -1.25. The van der Waals surface area contributed by atoms with Gasteiger partial charge in [0.15, 0.2) is 6.10 Å². The van der Waals surface area contributed by atoms with Crippen molar-refractivity contribution in [2.24, 2.45) is 0 Å². The number of quaternary nitrogens is 1. The van der Waals surface area contributed by atoms with Gasteiger partial charge in [-0.1, -0.05) is 154 Å². The smallest absolute Gasteiger partial charge is 0.462 e. The minimum Gasteiger partial charge on any atom is -0.462 e. The Morgan fingerprint density at radius 2 is 0.981 bits per heavy atom. The second kappa shape index (κ2) is 35.5. The lowest BCUT2D eigenvalue weighted by molar-refractivity contribution is -0.870. The zero-order chi connectivity index (χ0) is 38.6. The summed E-state index contributed by atoms with van der Waals surface area (Å²) in [5.41, 5.74) is 0. The summed E-state index contributed by atoms with van der Waals surface area (Å²) in [7, 11) is 1.48. The molecule has 2 atom stereocenters. The first kappa shape index (κ1) is 50.8. The van der Waals surface area contributed by atoms with Crippen LogP contribution in [-0.4, -0.2) is 74.9 Å². The number of unbranched alkanes of at least 4 members (excludes halogenated alkanes) is 23. The first-order valence-electron chi connectivity index (χ1n) is 21.4. The largest absolute Gasteiger partial charge is 0.472 e. The number of rotatable bonds is 39. The van der Waals surface area contributed by atoms with Crippen LogP contribution < -0.4 is 0 Å². The van der Waals surface area contributed by atoms with Crippen molar-refractivity contribution in [2.75, 3.05) is 47.5 Å². The average molecular weight is 761 g/mol.